The molecular formula is C22H32N4O2. The molecule has 0 aliphatic rings. The molecule has 1 aromatic carbocycles. The summed E-state index contributed by atoms with van der Waals surface area (Å²) in [5.41, 5.74) is 0.823. The Morgan fingerprint density at radius 1 is 1.07 bits per heavy atom. The molecule has 6 heteroatoms. The molecule has 6 nitrogen and oxygen atoms in total. The van der Waals surface area contributed by atoms with Crippen LogP contribution < -0.4 is 20.1 Å². The van der Waals surface area contributed by atoms with Gasteiger partial charge in [-0.25, -0.2) is 9.98 Å². The number of nitrogens with one attached hydrogen (secondary N) is 2. The number of aliphatic imine (C=N–C) groups is 1. The van der Waals surface area contributed by atoms with Gasteiger partial charge in [0.15, 0.2) is 17.5 Å². The molecule has 2 N–H and O–H groups in total. The zero-order chi connectivity index (χ0) is 20.4. The minimum absolute atomic E-state index is 0.0785. The van der Waals surface area contributed by atoms with Crippen LogP contribution in [0.4, 0.5) is 0 Å². The smallest absolute Gasteiger partial charge is 0.224 e. The van der Waals surface area contributed by atoms with Crippen molar-refractivity contribution in [2.45, 2.75) is 53.1 Å². The number of hydrogen-bond donors (Lipinski definition) is 2. The van der Waals surface area contributed by atoms with Gasteiger partial charge in [-0.05, 0) is 52.3 Å². The first-order valence-corrected chi connectivity index (χ1v) is 9.83. The van der Waals surface area contributed by atoms with Crippen LogP contribution in [0.25, 0.3) is 0 Å². The Balaban J connectivity index is 2.20. The summed E-state index contributed by atoms with van der Waals surface area (Å²) in [5, 5.41) is 6.66. The van der Waals surface area contributed by atoms with Crippen molar-refractivity contribution in [2.75, 3.05) is 13.2 Å². The van der Waals surface area contributed by atoms with E-state index in [0.29, 0.717) is 30.5 Å². The molecule has 0 spiro atoms. The van der Waals surface area contributed by atoms with Crippen molar-refractivity contribution in [2.24, 2.45) is 4.99 Å². The summed E-state index contributed by atoms with van der Waals surface area (Å²) in [5.74, 6) is 2.66. The molecule has 0 fully saturated rings. The van der Waals surface area contributed by atoms with Crippen LogP contribution in [0.2, 0.25) is 0 Å². The summed E-state index contributed by atoms with van der Waals surface area (Å²) >= 11 is 0. The third-order valence-corrected chi connectivity index (χ3v) is 3.61. The number of hydrogen-bond acceptors (Lipinski definition) is 4. The van der Waals surface area contributed by atoms with Crippen LogP contribution in [-0.4, -0.2) is 29.6 Å². The summed E-state index contributed by atoms with van der Waals surface area (Å²) < 4.78 is 11.9. The van der Waals surface area contributed by atoms with E-state index in [1.165, 1.54) is 0 Å². The molecule has 0 saturated heterocycles. The highest BCUT2D eigenvalue weighted by molar-refractivity contribution is 5.80. The van der Waals surface area contributed by atoms with Crippen molar-refractivity contribution in [1.29, 1.82) is 0 Å². The fraction of sp³-hybridized carbons (Fsp3) is 0.455. The SMILES string of the molecule is CCCOc1ccccc1Oc1ncccc1CN=C(NCC)NC(C)(C)C. The van der Waals surface area contributed by atoms with Crippen molar-refractivity contribution in [3.8, 4) is 17.4 Å². The Hall–Kier alpha value is -2.76. The minimum atomic E-state index is -0.0785. The highest BCUT2D eigenvalue weighted by Crippen LogP contribution is 2.32. The van der Waals surface area contributed by atoms with E-state index in [-0.39, 0.29) is 5.54 Å². The highest BCUT2D eigenvalue weighted by atomic mass is 16.5. The topological polar surface area (TPSA) is 67.8 Å². The normalized spacial score (nSPS) is 11.8. The Morgan fingerprint density at radius 3 is 2.50 bits per heavy atom. The van der Waals surface area contributed by atoms with Gasteiger partial charge in [0.25, 0.3) is 0 Å². The molecule has 0 amide bonds. The largest absolute Gasteiger partial charge is 0.490 e. The van der Waals surface area contributed by atoms with E-state index in [1.807, 2.05) is 43.3 Å². The van der Waals surface area contributed by atoms with E-state index in [2.05, 4.69) is 48.3 Å². The molecule has 152 valence electrons. The van der Waals surface area contributed by atoms with Crippen LogP contribution in [0.5, 0.6) is 17.4 Å². The molecule has 2 aromatic rings. The Kier molecular flexibility index (Phi) is 8.11. The number of guanidine groups is 1. The van der Waals surface area contributed by atoms with Crippen LogP contribution in [0.15, 0.2) is 47.6 Å². The molecule has 1 aromatic heterocycles. The van der Waals surface area contributed by atoms with E-state index in [9.17, 15) is 0 Å². The number of rotatable bonds is 8. The van der Waals surface area contributed by atoms with Gasteiger partial charge in [-0.1, -0.05) is 25.1 Å². The second-order valence-electron chi connectivity index (χ2n) is 7.44. The van der Waals surface area contributed by atoms with E-state index in [1.54, 1.807) is 6.20 Å². The first-order valence-electron chi connectivity index (χ1n) is 9.83. The second-order valence-corrected chi connectivity index (χ2v) is 7.44. The lowest BCUT2D eigenvalue weighted by atomic mass is 10.1. The number of benzene rings is 1. The second kappa shape index (κ2) is 10.5. The summed E-state index contributed by atoms with van der Waals surface area (Å²) in [6.07, 6.45) is 2.66. The number of ether oxygens (including phenoxy) is 2. The summed E-state index contributed by atoms with van der Waals surface area (Å²) in [7, 11) is 0. The molecule has 28 heavy (non-hydrogen) atoms. The standard InChI is InChI=1S/C22H32N4O2/c1-6-15-27-18-12-8-9-13-19(18)28-20-17(11-10-14-24-20)16-25-21(23-7-2)26-22(3,4)5/h8-14H,6-7,15-16H2,1-5H3,(H2,23,25,26). The molecule has 0 atom stereocenters. The van der Waals surface area contributed by atoms with Gasteiger partial charge in [-0.3, -0.25) is 0 Å². The third-order valence-electron chi connectivity index (χ3n) is 3.61. The predicted octanol–water partition coefficient (Wildman–Crippen LogP) is 4.52. The molecule has 2 rings (SSSR count). The zero-order valence-electron chi connectivity index (χ0n) is 17.6. The van der Waals surface area contributed by atoms with Crippen LogP contribution in [0.1, 0.15) is 46.6 Å². The number of nitrogens with zero attached hydrogens (tertiary/aromatic N) is 2. The fourth-order valence-corrected chi connectivity index (χ4v) is 2.43. The van der Waals surface area contributed by atoms with Gasteiger partial charge in [-0.15, -0.1) is 0 Å². The minimum Gasteiger partial charge on any atom is -0.490 e. The van der Waals surface area contributed by atoms with E-state index >= 15 is 0 Å². The van der Waals surface area contributed by atoms with Crippen molar-refractivity contribution < 1.29 is 9.47 Å². The molecular weight excluding hydrogens is 352 g/mol. The van der Waals surface area contributed by atoms with Crippen LogP contribution >= 0.6 is 0 Å². The van der Waals surface area contributed by atoms with Crippen LogP contribution in [0.3, 0.4) is 0 Å². The van der Waals surface area contributed by atoms with Gasteiger partial charge >= 0.3 is 0 Å². The molecule has 0 saturated carbocycles. The number of pyridine rings is 1. The lowest BCUT2D eigenvalue weighted by Crippen LogP contribution is -2.47. The average Bonchev–Trinajstić information content (AvgIpc) is 2.65. The molecule has 0 aliphatic heterocycles. The molecule has 0 aliphatic carbocycles. The molecule has 1 heterocycles. The predicted molar refractivity (Wildman–Crippen MR) is 114 cm³/mol. The maximum absolute atomic E-state index is 6.08. The van der Waals surface area contributed by atoms with Gasteiger partial charge in [0, 0.05) is 23.8 Å². The van der Waals surface area contributed by atoms with Gasteiger partial charge in [-0.2, -0.15) is 0 Å². The van der Waals surface area contributed by atoms with Crippen molar-refractivity contribution in [1.82, 2.24) is 15.6 Å². The van der Waals surface area contributed by atoms with E-state index in [0.717, 1.165) is 24.5 Å². The van der Waals surface area contributed by atoms with Gasteiger partial charge in [0.2, 0.25) is 5.88 Å². The fourth-order valence-electron chi connectivity index (χ4n) is 2.43. The summed E-state index contributed by atoms with van der Waals surface area (Å²) in [6.45, 7) is 12.3. The first kappa shape index (κ1) is 21.5. The molecule has 0 unspecified atom stereocenters. The van der Waals surface area contributed by atoms with Crippen LogP contribution in [0, 0.1) is 0 Å². The van der Waals surface area contributed by atoms with Gasteiger partial charge < -0.3 is 20.1 Å². The number of para-hydroxylation sites is 2. The Labute approximate surface area is 168 Å². The lowest BCUT2D eigenvalue weighted by Gasteiger charge is -2.23. The Morgan fingerprint density at radius 2 is 1.82 bits per heavy atom. The van der Waals surface area contributed by atoms with Crippen molar-refractivity contribution in [3.63, 3.8) is 0 Å². The lowest BCUT2D eigenvalue weighted by molar-refractivity contribution is 0.300. The van der Waals surface area contributed by atoms with E-state index in [4.69, 9.17) is 9.47 Å². The highest BCUT2D eigenvalue weighted by Gasteiger charge is 2.13. The molecule has 0 bridgehead atoms. The summed E-state index contributed by atoms with van der Waals surface area (Å²) in [4.78, 5) is 9.09. The number of aromatic nitrogens is 1. The maximum atomic E-state index is 6.08. The first-order chi connectivity index (χ1) is 13.4. The van der Waals surface area contributed by atoms with Crippen molar-refractivity contribution >= 4 is 5.96 Å². The monoisotopic (exact) mass is 384 g/mol. The van der Waals surface area contributed by atoms with Gasteiger partial charge in [0.1, 0.15) is 0 Å². The third kappa shape index (κ3) is 7.10. The van der Waals surface area contributed by atoms with Crippen LogP contribution in [-0.2, 0) is 6.54 Å². The zero-order valence-corrected chi connectivity index (χ0v) is 17.6. The average molecular weight is 385 g/mol. The van der Waals surface area contributed by atoms with Crippen molar-refractivity contribution in [3.05, 3.63) is 48.2 Å². The maximum Gasteiger partial charge on any atom is 0.224 e. The van der Waals surface area contributed by atoms with E-state index < -0.39 is 0 Å². The summed E-state index contributed by atoms with van der Waals surface area (Å²) in [6, 6.07) is 11.5. The molecule has 0 radical (unpaired) electrons. The van der Waals surface area contributed by atoms with Gasteiger partial charge in [0.05, 0.1) is 13.2 Å². The Bertz CT molecular complexity index is 769. The quantitative estimate of drug-likeness (QED) is 0.517.